The number of carbonyl (C=O) groups excluding carboxylic acids is 2. The molecule has 5 heteroatoms. The number of allylic oxidation sites excluding steroid dienone is 1. The van der Waals surface area contributed by atoms with Crippen LogP contribution in [0.4, 0.5) is 4.39 Å². The Labute approximate surface area is 193 Å². The average Bonchev–Trinajstić information content (AvgIpc) is 2.81. The summed E-state index contributed by atoms with van der Waals surface area (Å²) in [6, 6.07) is 23.5. The fourth-order valence-electron chi connectivity index (χ4n) is 4.17. The number of halogens is 1. The summed E-state index contributed by atoms with van der Waals surface area (Å²) in [5.41, 5.74) is 4.55. The van der Waals surface area contributed by atoms with Crippen LogP contribution in [0.5, 0.6) is 0 Å². The largest absolute Gasteiger partial charge is 0.457 e. The molecule has 3 aromatic rings. The number of rotatable bonds is 6. The van der Waals surface area contributed by atoms with Crippen molar-refractivity contribution in [1.29, 1.82) is 0 Å². The Kier molecular flexibility index (Phi) is 6.68. The summed E-state index contributed by atoms with van der Waals surface area (Å²) in [7, 11) is 0. The van der Waals surface area contributed by atoms with Gasteiger partial charge in [0.2, 0.25) is 5.91 Å². The number of hydrogen-bond acceptors (Lipinski definition) is 3. The second-order valence-electron chi connectivity index (χ2n) is 8.34. The van der Waals surface area contributed by atoms with Crippen molar-refractivity contribution in [2.45, 2.75) is 39.3 Å². The van der Waals surface area contributed by atoms with Crippen molar-refractivity contribution in [3.05, 3.63) is 118 Å². The number of amides is 1. The maximum Gasteiger partial charge on any atom is 0.336 e. The lowest BCUT2D eigenvalue weighted by Crippen LogP contribution is -2.38. The third-order valence-electron chi connectivity index (χ3n) is 5.97. The predicted molar refractivity (Wildman–Crippen MR) is 124 cm³/mol. The van der Waals surface area contributed by atoms with Gasteiger partial charge in [-0.3, -0.25) is 4.79 Å². The summed E-state index contributed by atoms with van der Waals surface area (Å²) in [6.07, 6.45) is 0.144. The van der Waals surface area contributed by atoms with E-state index in [1.807, 2.05) is 61.5 Å². The van der Waals surface area contributed by atoms with Gasteiger partial charge in [0.15, 0.2) is 0 Å². The molecule has 0 spiro atoms. The first-order valence-corrected chi connectivity index (χ1v) is 11.0. The zero-order chi connectivity index (χ0) is 23.4. The summed E-state index contributed by atoms with van der Waals surface area (Å²) in [5, 5.41) is 0. The van der Waals surface area contributed by atoms with Crippen molar-refractivity contribution in [3.8, 4) is 0 Å². The topological polar surface area (TPSA) is 46.6 Å². The zero-order valence-electron chi connectivity index (χ0n) is 18.8. The number of carbonyl (C=O) groups is 2. The minimum atomic E-state index is -0.446. The van der Waals surface area contributed by atoms with Crippen molar-refractivity contribution < 1.29 is 18.7 Å². The molecule has 1 aliphatic heterocycles. The van der Waals surface area contributed by atoms with E-state index < -0.39 is 11.9 Å². The van der Waals surface area contributed by atoms with Crippen LogP contribution in [0.25, 0.3) is 0 Å². The van der Waals surface area contributed by atoms with Gasteiger partial charge in [0.05, 0.1) is 12.1 Å². The van der Waals surface area contributed by atoms with Crippen LogP contribution < -0.4 is 0 Å². The molecule has 1 atom stereocenters. The highest BCUT2D eigenvalue weighted by Crippen LogP contribution is 2.38. The Hall–Kier alpha value is -3.73. The maximum atomic E-state index is 13.7. The molecule has 0 aliphatic carbocycles. The van der Waals surface area contributed by atoms with Gasteiger partial charge < -0.3 is 9.64 Å². The number of aryl methyl sites for hydroxylation is 1. The number of hydrogen-bond donors (Lipinski definition) is 0. The number of nitrogens with zero attached hydrogens (tertiary/aromatic N) is 1. The van der Waals surface area contributed by atoms with Crippen LogP contribution in [0.15, 0.2) is 90.1 Å². The van der Waals surface area contributed by atoms with E-state index in [-0.39, 0.29) is 31.3 Å². The van der Waals surface area contributed by atoms with Crippen LogP contribution >= 0.6 is 0 Å². The number of benzene rings is 3. The predicted octanol–water partition coefficient (Wildman–Crippen LogP) is 5.67. The summed E-state index contributed by atoms with van der Waals surface area (Å²) in [4.78, 5) is 28.0. The van der Waals surface area contributed by atoms with Crippen LogP contribution in [-0.2, 0) is 27.5 Å². The molecule has 0 radical (unpaired) electrons. The van der Waals surface area contributed by atoms with Crippen LogP contribution in [-0.4, -0.2) is 16.8 Å². The van der Waals surface area contributed by atoms with Gasteiger partial charge >= 0.3 is 5.97 Å². The summed E-state index contributed by atoms with van der Waals surface area (Å²) in [6.45, 7) is 4.09. The van der Waals surface area contributed by atoms with Gasteiger partial charge in [-0.05, 0) is 42.7 Å². The van der Waals surface area contributed by atoms with Gasteiger partial charge in [-0.1, -0.05) is 72.3 Å². The van der Waals surface area contributed by atoms with Gasteiger partial charge in [0.25, 0.3) is 0 Å². The van der Waals surface area contributed by atoms with Crippen molar-refractivity contribution in [1.82, 2.24) is 4.90 Å². The second kappa shape index (κ2) is 9.82. The molecule has 1 unspecified atom stereocenters. The monoisotopic (exact) mass is 443 g/mol. The minimum absolute atomic E-state index is 0.109. The van der Waals surface area contributed by atoms with Crippen LogP contribution in [0.2, 0.25) is 0 Å². The lowest BCUT2D eigenvalue weighted by Gasteiger charge is -2.34. The Morgan fingerprint density at radius 3 is 2.36 bits per heavy atom. The van der Waals surface area contributed by atoms with E-state index >= 15 is 0 Å². The van der Waals surface area contributed by atoms with Gasteiger partial charge in [-0.2, -0.15) is 0 Å². The third-order valence-corrected chi connectivity index (χ3v) is 5.97. The summed E-state index contributed by atoms with van der Waals surface area (Å²) in [5.74, 6) is -1.32. The highest BCUT2D eigenvalue weighted by molar-refractivity contribution is 5.95. The van der Waals surface area contributed by atoms with E-state index in [9.17, 15) is 14.0 Å². The van der Waals surface area contributed by atoms with Crippen LogP contribution in [0.1, 0.15) is 41.5 Å². The molecular weight excluding hydrogens is 417 g/mol. The minimum Gasteiger partial charge on any atom is -0.457 e. The quantitative estimate of drug-likeness (QED) is 0.461. The standard InChI is InChI=1S/C28H26FNO3/c1-19-11-13-23(14-12-19)25-16-26(31)30(17-22-9-6-10-24(29)15-22)20(2)27(25)28(32)33-18-21-7-4-3-5-8-21/h3-15,25H,16-18H2,1-2H3. The Morgan fingerprint density at radius 2 is 1.67 bits per heavy atom. The smallest absolute Gasteiger partial charge is 0.336 e. The van der Waals surface area contributed by atoms with Crippen LogP contribution in [0.3, 0.4) is 0 Å². The highest BCUT2D eigenvalue weighted by Gasteiger charge is 2.37. The fourth-order valence-corrected chi connectivity index (χ4v) is 4.17. The van der Waals surface area contributed by atoms with Gasteiger partial charge in [0, 0.05) is 18.0 Å². The molecule has 0 N–H and O–H groups in total. The van der Waals surface area contributed by atoms with Crippen molar-refractivity contribution >= 4 is 11.9 Å². The first kappa shape index (κ1) is 22.5. The number of ether oxygens (including phenoxy) is 1. The maximum absolute atomic E-state index is 13.7. The summed E-state index contributed by atoms with van der Waals surface area (Å²) >= 11 is 0. The van der Waals surface area contributed by atoms with E-state index in [0.29, 0.717) is 16.8 Å². The fraction of sp³-hybridized carbons (Fsp3) is 0.214. The van der Waals surface area contributed by atoms with Crippen molar-refractivity contribution in [3.63, 3.8) is 0 Å². The molecule has 0 fully saturated rings. The van der Waals surface area contributed by atoms with E-state index in [2.05, 4.69) is 0 Å². The normalized spacial score (nSPS) is 16.2. The average molecular weight is 444 g/mol. The molecule has 33 heavy (non-hydrogen) atoms. The van der Waals surface area contributed by atoms with E-state index in [1.54, 1.807) is 24.0 Å². The lowest BCUT2D eigenvalue weighted by molar-refractivity contribution is -0.141. The summed E-state index contributed by atoms with van der Waals surface area (Å²) < 4.78 is 19.4. The molecule has 1 amide bonds. The lowest BCUT2D eigenvalue weighted by atomic mass is 9.83. The number of esters is 1. The third kappa shape index (κ3) is 5.20. The second-order valence-corrected chi connectivity index (χ2v) is 8.34. The van der Waals surface area contributed by atoms with Crippen molar-refractivity contribution in [2.24, 2.45) is 0 Å². The molecule has 0 saturated carbocycles. The molecule has 1 aliphatic rings. The van der Waals surface area contributed by atoms with Gasteiger partial charge in [-0.25, -0.2) is 9.18 Å². The Balaban J connectivity index is 1.68. The molecule has 168 valence electrons. The Bertz CT molecular complexity index is 1190. The SMILES string of the molecule is CC1=C(C(=O)OCc2ccccc2)C(c2ccc(C)cc2)CC(=O)N1Cc1cccc(F)c1. The molecule has 4 nitrogen and oxygen atoms in total. The van der Waals surface area contributed by atoms with E-state index in [4.69, 9.17) is 4.74 Å². The molecular formula is C28H26FNO3. The van der Waals surface area contributed by atoms with E-state index in [1.165, 1.54) is 12.1 Å². The van der Waals surface area contributed by atoms with Crippen molar-refractivity contribution in [2.75, 3.05) is 0 Å². The molecule has 0 bridgehead atoms. The van der Waals surface area contributed by atoms with Gasteiger partial charge in [0.1, 0.15) is 12.4 Å². The first-order chi connectivity index (χ1) is 15.9. The molecule has 0 saturated heterocycles. The molecule has 3 aromatic carbocycles. The Morgan fingerprint density at radius 1 is 0.970 bits per heavy atom. The zero-order valence-corrected chi connectivity index (χ0v) is 18.8. The molecule has 0 aromatic heterocycles. The first-order valence-electron chi connectivity index (χ1n) is 11.0. The molecule has 4 rings (SSSR count). The highest BCUT2D eigenvalue weighted by atomic mass is 19.1. The molecule has 1 heterocycles. The van der Waals surface area contributed by atoms with Gasteiger partial charge in [-0.15, -0.1) is 0 Å². The van der Waals surface area contributed by atoms with Crippen LogP contribution in [0, 0.1) is 12.7 Å². The van der Waals surface area contributed by atoms with E-state index in [0.717, 1.165) is 16.7 Å².